The molecular weight excluding hydrogens is 392 g/mol. The lowest BCUT2D eigenvalue weighted by Crippen LogP contribution is -2.06. The van der Waals surface area contributed by atoms with Crippen LogP contribution in [0.4, 0.5) is 0 Å². The van der Waals surface area contributed by atoms with Crippen molar-refractivity contribution in [3.05, 3.63) is 47.3 Å². The van der Waals surface area contributed by atoms with E-state index in [0.29, 0.717) is 19.4 Å². The van der Waals surface area contributed by atoms with Gasteiger partial charge in [-0.3, -0.25) is 0 Å². The third kappa shape index (κ3) is 10.1. The number of unbranched alkanes of at least 4 members (excludes halogenated alkanes) is 7. The van der Waals surface area contributed by atoms with Gasteiger partial charge in [0.1, 0.15) is 13.4 Å². The van der Waals surface area contributed by atoms with Crippen molar-refractivity contribution in [1.29, 1.82) is 0 Å². The molecule has 0 radical (unpaired) electrons. The van der Waals surface area contributed by atoms with Crippen LogP contribution in [0.25, 0.3) is 0 Å². The molecule has 0 aliphatic rings. The molecule has 172 valence electrons. The van der Waals surface area contributed by atoms with Crippen molar-refractivity contribution < 1.29 is 18.9 Å². The zero-order chi connectivity index (χ0) is 22.2. The van der Waals surface area contributed by atoms with Gasteiger partial charge in [-0.15, -0.1) is 0 Å². The molecule has 0 spiro atoms. The van der Waals surface area contributed by atoms with Gasteiger partial charge in [-0.2, -0.15) is 9.97 Å². The van der Waals surface area contributed by atoms with Crippen LogP contribution in [0.3, 0.4) is 0 Å². The maximum absolute atomic E-state index is 6.11. The first-order chi connectivity index (χ1) is 15.2. The molecule has 0 saturated carbocycles. The van der Waals surface area contributed by atoms with E-state index in [-0.39, 0.29) is 0 Å². The number of hydrogen-bond donors (Lipinski definition) is 0. The minimum Gasteiger partial charge on any atom is -0.485 e. The number of hydrogen-bond acceptors (Lipinski definition) is 6. The number of aryl methyl sites for hydroxylation is 2. The molecule has 6 heteroatoms. The summed E-state index contributed by atoms with van der Waals surface area (Å²) in [5, 5.41) is 0. The molecule has 2 rings (SSSR count). The van der Waals surface area contributed by atoms with Gasteiger partial charge in [-0.25, -0.2) is 0 Å². The van der Waals surface area contributed by atoms with Crippen molar-refractivity contribution in [3.8, 4) is 11.8 Å². The first kappa shape index (κ1) is 25.1. The van der Waals surface area contributed by atoms with E-state index in [4.69, 9.17) is 18.9 Å². The van der Waals surface area contributed by atoms with E-state index in [1.807, 2.05) is 25.1 Å². The molecule has 0 fully saturated rings. The fourth-order valence-electron chi connectivity index (χ4n) is 3.47. The maximum atomic E-state index is 6.11. The van der Waals surface area contributed by atoms with Gasteiger partial charge in [0.15, 0.2) is 5.75 Å². The second-order valence-electron chi connectivity index (χ2n) is 7.74. The number of rotatable bonds is 17. The van der Waals surface area contributed by atoms with E-state index < -0.39 is 0 Å². The third-order valence-electron chi connectivity index (χ3n) is 5.15. The molecule has 0 atom stereocenters. The van der Waals surface area contributed by atoms with E-state index in [2.05, 4.69) is 22.1 Å². The molecule has 0 aliphatic carbocycles. The van der Waals surface area contributed by atoms with E-state index in [9.17, 15) is 0 Å². The Balaban J connectivity index is 1.70. The average molecular weight is 431 g/mol. The fourth-order valence-corrected chi connectivity index (χ4v) is 3.47. The number of methoxy groups -OCH3 is 2. The molecule has 0 aliphatic heterocycles. The molecule has 2 aromatic rings. The highest BCUT2D eigenvalue weighted by Crippen LogP contribution is 2.26. The van der Waals surface area contributed by atoms with Crippen LogP contribution < -0.4 is 9.47 Å². The average Bonchev–Trinajstić information content (AvgIpc) is 2.79. The predicted molar refractivity (Wildman–Crippen MR) is 123 cm³/mol. The summed E-state index contributed by atoms with van der Waals surface area (Å²) in [6, 6.07) is 10.6. The molecule has 31 heavy (non-hydrogen) atoms. The van der Waals surface area contributed by atoms with Gasteiger partial charge in [-0.05, 0) is 31.7 Å². The second kappa shape index (κ2) is 15.6. The minimum atomic E-state index is 0.400. The molecule has 0 unspecified atom stereocenters. The smallest absolute Gasteiger partial charge is 0.316 e. The summed E-state index contributed by atoms with van der Waals surface area (Å²) in [5.74, 6) is 0.792. The van der Waals surface area contributed by atoms with Crippen molar-refractivity contribution >= 4 is 0 Å². The zero-order valence-electron chi connectivity index (χ0n) is 19.4. The number of benzene rings is 1. The van der Waals surface area contributed by atoms with E-state index >= 15 is 0 Å². The SMILES string of the molecule is COCOCCCCCCCCCCc1nc(OC)nc(C)c1OCc1ccccc1. The quantitative estimate of drug-likeness (QED) is 0.238. The Hall–Kier alpha value is -2.18. The largest absolute Gasteiger partial charge is 0.485 e. The van der Waals surface area contributed by atoms with Crippen LogP contribution in [0.1, 0.15) is 68.3 Å². The van der Waals surface area contributed by atoms with Gasteiger partial charge in [-0.1, -0.05) is 68.9 Å². The summed E-state index contributed by atoms with van der Waals surface area (Å²) in [6.07, 6.45) is 10.6. The van der Waals surface area contributed by atoms with Gasteiger partial charge < -0.3 is 18.9 Å². The van der Waals surface area contributed by atoms with E-state index in [1.54, 1.807) is 14.2 Å². The zero-order valence-corrected chi connectivity index (χ0v) is 19.4. The minimum absolute atomic E-state index is 0.400. The molecule has 0 amide bonds. The molecule has 6 nitrogen and oxygen atoms in total. The van der Waals surface area contributed by atoms with Crippen molar-refractivity contribution in [2.24, 2.45) is 0 Å². The number of nitrogens with zero attached hydrogens (tertiary/aromatic N) is 2. The lowest BCUT2D eigenvalue weighted by atomic mass is 10.1. The molecule has 1 aromatic heterocycles. The van der Waals surface area contributed by atoms with Crippen LogP contribution in [0, 0.1) is 6.92 Å². The van der Waals surface area contributed by atoms with E-state index in [1.165, 1.54) is 38.5 Å². The Morgan fingerprint density at radius 2 is 1.48 bits per heavy atom. The summed E-state index contributed by atoms with van der Waals surface area (Å²) < 4.78 is 21.6. The summed E-state index contributed by atoms with van der Waals surface area (Å²) in [5.41, 5.74) is 2.90. The lowest BCUT2D eigenvalue weighted by molar-refractivity contribution is -0.0315. The topological polar surface area (TPSA) is 62.7 Å². The molecule has 0 N–H and O–H groups in total. The van der Waals surface area contributed by atoms with Crippen molar-refractivity contribution in [2.45, 2.75) is 71.3 Å². The highest BCUT2D eigenvalue weighted by molar-refractivity contribution is 5.34. The van der Waals surface area contributed by atoms with Crippen LogP contribution in [0.15, 0.2) is 30.3 Å². The monoisotopic (exact) mass is 430 g/mol. The Bertz CT molecular complexity index is 725. The maximum Gasteiger partial charge on any atom is 0.316 e. The van der Waals surface area contributed by atoms with E-state index in [0.717, 1.165) is 48.6 Å². The first-order valence-electron chi connectivity index (χ1n) is 11.4. The van der Waals surface area contributed by atoms with Crippen molar-refractivity contribution in [2.75, 3.05) is 27.6 Å². The second-order valence-corrected chi connectivity index (χ2v) is 7.74. The summed E-state index contributed by atoms with van der Waals surface area (Å²) in [7, 11) is 3.26. The Labute approximate surface area is 187 Å². The number of aromatic nitrogens is 2. The molecule has 1 aromatic carbocycles. The van der Waals surface area contributed by atoms with Gasteiger partial charge in [0, 0.05) is 13.7 Å². The van der Waals surface area contributed by atoms with Crippen LogP contribution in [-0.4, -0.2) is 37.6 Å². The van der Waals surface area contributed by atoms with Crippen LogP contribution >= 0.6 is 0 Å². The molecule has 0 saturated heterocycles. The van der Waals surface area contributed by atoms with Gasteiger partial charge >= 0.3 is 6.01 Å². The standard InChI is InChI=1S/C25H38N2O4/c1-21-24(31-19-22-15-11-10-12-16-22)23(27-25(26-21)29-3)17-13-8-6-4-5-7-9-14-18-30-20-28-2/h10-12,15-16H,4-9,13-14,17-20H2,1-3H3. The van der Waals surface area contributed by atoms with Crippen molar-refractivity contribution in [3.63, 3.8) is 0 Å². The Morgan fingerprint density at radius 3 is 2.16 bits per heavy atom. The lowest BCUT2D eigenvalue weighted by Gasteiger charge is -2.14. The normalized spacial score (nSPS) is 10.9. The molecule has 1 heterocycles. The third-order valence-corrected chi connectivity index (χ3v) is 5.15. The summed E-state index contributed by atoms with van der Waals surface area (Å²) >= 11 is 0. The van der Waals surface area contributed by atoms with Crippen LogP contribution in [0.5, 0.6) is 11.8 Å². The fraction of sp³-hybridized carbons (Fsp3) is 0.600. The van der Waals surface area contributed by atoms with Crippen LogP contribution in [-0.2, 0) is 22.5 Å². The highest BCUT2D eigenvalue weighted by atomic mass is 16.7. The Kier molecular flexibility index (Phi) is 12.6. The Morgan fingerprint density at radius 1 is 0.806 bits per heavy atom. The summed E-state index contributed by atoms with van der Waals surface area (Å²) in [6.45, 7) is 3.66. The van der Waals surface area contributed by atoms with Crippen LogP contribution in [0.2, 0.25) is 0 Å². The predicted octanol–water partition coefficient (Wildman–Crippen LogP) is 5.66. The summed E-state index contributed by atoms with van der Waals surface area (Å²) in [4.78, 5) is 8.97. The van der Waals surface area contributed by atoms with Gasteiger partial charge in [0.2, 0.25) is 0 Å². The molecule has 0 bridgehead atoms. The highest BCUT2D eigenvalue weighted by Gasteiger charge is 2.14. The number of ether oxygens (including phenoxy) is 4. The van der Waals surface area contributed by atoms with Crippen molar-refractivity contribution in [1.82, 2.24) is 9.97 Å². The van der Waals surface area contributed by atoms with Gasteiger partial charge in [0.05, 0.1) is 18.5 Å². The van der Waals surface area contributed by atoms with Gasteiger partial charge in [0.25, 0.3) is 0 Å². The first-order valence-corrected chi connectivity index (χ1v) is 11.4. The molecular formula is C25H38N2O4.